The second kappa shape index (κ2) is 9.47. The van der Waals surface area contributed by atoms with Crippen LogP contribution >= 0.6 is 11.8 Å². The van der Waals surface area contributed by atoms with Gasteiger partial charge in [-0.05, 0) is 42.7 Å². The molecule has 5 heteroatoms. The van der Waals surface area contributed by atoms with E-state index in [9.17, 15) is 4.79 Å². The first-order valence-corrected chi connectivity index (χ1v) is 9.98. The third-order valence-corrected chi connectivity index (χ3v) is 5.36. The Bertz CT molecular complexity index is 670. The average molecular weight is 356 g/mol. The van der Waals surface area contributed by atoms with Crippen molar-refractivity contribution in [3.05, 3.63) is 54.2 Å². The second-order valence-electron chi connectivity index (χ2n) is 6.34. The molecule has 1 aromatic carbocycles. The van der Waals surface area contributed by atoms with Gasteiger partial charge in [0.05, 0.1) is 5.03 Å². The van der Waals surface area contributed by atoms with Gasteiger partial charge in [-0.15, -0.1) is 11.8 Å². The van der Waals surface area contributed by atoms with Crippen molar-refractivity contribution in [3.63, 3.8) is 0 Å². The Kier molecular flexibility index (Phi) is 6.74. The van der Waals surface area contributed by atoms with Crippen LogP contribution in [0.3, 0.4) is 0 Å². The van der Waals surface area contributed by atoms with Crippen LogP contribution in [0.15, 0.2) is 53.7 Å². The molecule has 0 atom stereocenters. The lowest BCUT2D eigenvalue weighted by atomic mass is 10.1. The highest BCUT2D eigenvalue weighted by Crippen LogP contribution is 2.22. The maximum absolute atomic E-state index is 12.5. The standard InChI is InChI=1S/C20H25N3OS/c24-20(23-13-6-2-1-3-7-14-23)22-18-10-8-9-17(15-18)16-25-19-11-4-5-12-21-19/h4-5,8-12,15H,1-3,6-7,13-14,16H2,(H,22,24). The number of anilines is 1. The Labute approximate surface area is 154 Å². The minimum Gasteiger partial charge on any atom is -0.325 e. The van der Waals surface area contributed by atoms with E-state index in [0.717, 1.165) is 42.4 Å². The highest BCUT2D eigenvalue weighted by Gasteiger charge is 2.14. The van der Waals surface area contributed by atoms with Crippen LogP contribution in [-0.2, 0) is 5.75 Å². The third kappa shape index (κ3) is 5.78. The van der Waals surface area contributed by atoms with Gasteiger partial charge in [0.15, 0.2) is 0 Å². The molecule has 1 aliphatic heterocycles. The molecule has 2 heterocycles. The van der Waals surface area contributed by atoms with Crippen LogP contribution in [0.5, 0.6) is 0 Å². The molecule has 1 saturated heterocycles. The van der Waals surface area contributed by atoms with Crippen molar-refractivity contribution in [2.45, 2.75) is 42.9 Å². The molecule has 2 aromatic rings. The topological polar surface area (TPSA) is 45.2 Å². The van der Waals surface area contributed by atoms with Crippen LogP contribution in [-0.4, -0.2) is 29.0 Å². The third-order valence-electron chi connectivity index (χ3n) is 4.35. The van der Waals surface area contributed by atoms with E-state index in [1.165, 1.54) is 24.8 Å². The fourth-order valence-electron chi connectivity index (χ4n) is 2.98. The smallest absolute Gasteiger partial charge is 0.321 e. The minimum absolute atomic E-state index is 0.0245. The van der Waals surface area contributed by atoms with Crippen molar-refractivity contribution in [2.75, 3.05) is 18.4 Å². The van der Waals surface area contributed by atoms with Crippen LogP contribution in [0.2, 0.25) is 0 Å². The van der Waals surface area contributed by atoms with E-state index < -0.39 is 0 Å². The van der Waals surface area contributed by atoms with E-state index in [4.69, 9.17) is 0 Å². The molecule has 0 radical (unpaired) electrons. The highest BCUT2D eigenvalue weighted by molar-refractivity contribution is 7.98. The number of pyridine rings is 1. The summed E-state index contributed by atoms with van der Waals surface area (Å²) in [6, 6.07) is 14.0. The van der Waals surface area contributed by atoms with Crippen LogP contribution in [0.4, 0.5) is 10.5 Å². The Morgan fingerprint density at radius 3 is 2.60 bits per heavy atom. The Hall–Kier alpha value is -2.01. The number of rotatable bonds is 4. The quantitative estimate of drug-likeness (QED) is 0.769. The van der Waals surface area contributed by atoms with Gasteiger partial charge in [0.25, 0.3) is 0 Å². The molecule has 1 aromatic heterocycles. The van der Waals surface area contributed by atoms with Crippen molar-refractivity contribution in [1.29, 1.82) is 0 Å². The fourth-order valence-corrected chi connectivity index (χ4v) is 3.79. The Morgan fingerprint density at radius 2 is 1.84 bits per heavy atom. The highest BCUT2D eigenvalue weighted by atomic mass is 32.2. The van der Waals surface area contributed by atoms with E-state index in [1.54, 1.807) is 11.8 Å². The summed E-state index contributed by atoms with van der Waals surface area (Å²) in [5, 5.41) is 4.07. The summed E-state index contributed by atoms with van der Waals surface area (Å²) >= 11 is 1.70. The summed E-state index contributed by atoms with van der Waals surface area (Å²) in [7, 11) is 0. The van der Waals surface area contributed by atoms with Crippen LogP contribution < -0.4 is 5.32 Å². The number of hydrogen-bond acceptors (Lipinski definition) is 3. The average Bonchev–Trinajstić information content (AvgIpc) is 2.61. The number of carbonyl (C=O) groups is 1. The number of carbonyl (C=O) groups excluding carboxylic acids is 1. The molecule has 3 rings (SSSR count). The van der Waals surface area contributed by atoms with Crippen molar-refractivity contribution in [1.82, 2.24) is 9.88 Å². The van der Waals surface area contributed by atoms with E-state index in [-0.39, 0.29) is 6.03 Å². The summed E-state index contributed by atoms with van der Waals surface area (Å²) in [6.07, 6.45) is 7.77. The summed E-state index contributed by atoms with van der Waals surface area (Å²) in [5.41, 5.74) is 2.05. The lowest BCUT2D eigenvalue weighted by molar-refractivity contribution is 0.206. The van der Waals surface area contributed by atoms with E-state index >= 15 is 0 Å². The monoisotopic (exact) mass is 355 g/mol. The molecule has 2 amide bonds. The predicted molar refractivity (Wildman–Crippen MR) is 104 cm³/mol. The molecule has 0 aliphatic carbocycles. The van der Waals surface area contributed by atoms with Crippen molar-refractivity contribution in [2.24, 2.45) is 0 Å². The van der Waals surface area contributed by atoms with Gasteiger partial charge < -0.3 is 10.2 Å². The first-order chi connectivity index (χ1) is 12.3. The number of thioether (sulfide) groups is 1. The van der Waals surface area contributed by atoms with Gasteiger partial charge in [-0.3, -0.25) is 0 Å². The molecule has 1 aliphatic rings. The second-order valence-corrected chi connectivity index (χ2v) is 7.34. The van der Waals surface area contributed by atoms with Crippen LogP contribution in [0.25, 0.3) is 0 Å². The number of benzene rings is 1. The summed E-state index contributed by atoms with van der Waals surface area (Å²) in [6.45, 7) is 1.72. The number of likely N-dealkylation sites (tertiary alicyclic amines) is 1. The minimum atomic E-state index is 0.0245. The predicted octanol–water partition coefficient (Wildman–Crippen LogP) is 5.17. The SMILES string of the molecule is O=C(Nc1cccc(CSc2ccccn2)c1)N1CCCCCCC1. The first-order valence-electron chi connectivity index (χ1n) is 9.00. The zero-order valence-corrected chi connectivity index (χ0v) is 15.3. The largest absolute Gasteiger partial charge is 0.325 e. The number of amides is 2. The van der Waals surface area contributed by atoms with Crippen molar-refractivity contribution >= 4 is 23.5 Å². The maximum atomic E-state index is 12.5. The molecule has 0 bridgehead atoms. The summed E-state index contributed by atoms with van der Waals surface area (Å²) < 4.78 is 0. The summed E-state index contributed by atoms with van der Waals surface area (Å²) in [5.74, 6) is 0.838. The number of nitrogens with zero attached hydrogens (tertiary/aromatic N) is 2. The van der Waals surface area contributed by atoms with Crippen LogP contribution in [0.1, 0.15) is 37.7 Å². The lowest BCUT2D eigenvalue weighted by Gasteiger charge is -2.25. The van der Waals surface area contributed by atoms with E-state index in [1.807, 2.05) is 41.4 Å². The lowest BCUT2D eigenvalue weighted by Crippen LogP contribution is -2.37. The molecular formula is C20H25N3OS. The molecule has 1 N–H and O–H groups in total. The normalized spacial score (nSPS) is 15.3. The molecular weight excluding hydrogens is 330 g/mol. The zero-order valence-electron chi connectivity index (χ0n) is 14.5. The Morgan fingerprint density at radius 1 is 1.04 bits per heavy atom. The van der Waals surface area contributed by atoms with Crippen LogP contribution in [0, 0.1) is 0 Å². The van der Waals surface area contributed by atoms with Gasteiger partial charge >= 0.3 is 6.03 Å². The zero-order chi connectivity index (χ0) is 17.3. The maximum Gasteiger partial charge on any atom is 0.321 e. The van der Waals surface area contributed by atoms with Gasteiger partial charge in [-0.1, -0.05) is 37.5 Å². The van der Waals surface area contributed by atoms with Crippen molar-refractivity contribution in [3.8, 4) is 0 Å². The first kappa shape index (κ1) is 17.8. The molecule has 0 saturated carbocycles. The summed E-state index contributed by atoms with van der Waals surface area (Å²) in [4.78, 5) is 18.8. The molecule has 4 nitrogen and oxygen atoms in total. The Balaban J connectivity index is 1.56. The van der Waals surface area contributed by atoms with Gasteiger partial charge in [0, 0.05) is 30.7 Å². The van der Waals surface area contributed by atoms with Gasteiger partial charge in [0.1, 0.15) is 0 Å². The molecule has 0 unspecified atom stereocenters. The molecule has 25 heavy (non-hydrogen) atoms. The fraction of sp³-hybridized carbons (Fsp3) is 0.400. The molecule has 1 fully saturated rings. The van der Waals surface area contributed by atoms with E-state index in [0.29, 0.717) is 0 Å². The van der Waals surface area contributed by atoms with Gasteiger partial charge in [-0.2, -0.15) is 0 Å². The molecule has 132 valence electrons. The number of hydrogen-bond donors (Lipinski definition) is 1. The number of aromatic nitrogens is 1. The van der Waals surface area contributed by atoms with Gasteiger partial charge in [0.2, 0.25) is 0 Å². The van der Waals surface area contributed by atoms with Crippen molar-refractivity contribution < 1.29 is 4.79 Å². The van der Waals surface area contributed by atoms with Gasteiger partial charge in [-0.25, -0.2) is 9.78 Å². The number of nitrogens with one attached hydrogen (secondary N) is 1. The number of urea groups is 1. The van der Waals surface area contributed by atoms with E-state index in [2.05, 4.69) is 22.4 Å². The molecule has 0 spiro atoms.